The van der Waals surface area contributed by atoms with Crippen LogP contribution < -0.4 is 10.6 Å². The summed E-state index contributed by atoms with van der Waals surface area (Å²) in [5.74, 6) is -1.84. The lowest BCUT2D eigenvalue weighted by molar-refractivity contribution is 0.0696. The Balaban J connectivity index is 1.38. The molecule has 6 rings (SSSR count). The third kappa shape index (κ3) is 5.72. The van der Waals surface area contributed by atoms with Crippen LogP contribution in [0.3, 0.4) is 0 Å². The number of rotatable bonds is 8. The second-order valence-corrected chi connectivity index (χ2v) is 10.6. The standard InChI is InChI=1S/C36H27FN4O3/c1-22(25-8-10-27(11-9-25)36(43)44)39-35(42)32-12-13-33(40-30-18-24(20-38)17-29(37)19-30)31-14-15-41(34(31)32)21-23-6-7-26-4-2-3-5-28(26)16-23/h2-19,22,40H,21H2,1H3,(H,39,42)(H,43,44)/t22-/m0/s1. The third-order valence-electron chi connectivity index (χ3n) is 7.65. The van der Waals surface area contributed by atoms with Crippen molar-refractivity contribution in [1.29, 1.82) is 5.26 Å². The lowest BCUT2D eigenvalue weighted by atomic mass is 10.0. The number of amides is 1. The SMILES string of the molecule is C[C@H](NC(=O)c1ccc(Nc2cc(F)cc(C#N)c2)c2ccn(Cc3ccc4ccccc4c3)c12)c1ccc(C(=O)O)cc1. The van der Waals surface area contributed by atoms with E-state index in [1.54, 1.807) is 30.3 Å². The molecule has 0 aliphatic carbocycles. The molecule has 0 aliphatic rings. The largest absolute Gasteiger partial charge is 0.478 e. The number of nitrogens with one attached hydrogen (secondary N) is 2. The van der Waals surface area contributed by atoms with Gasteiger partial charge in [0.15, 0.2) is 0 Å². The van der Waals surface area contributed by atoms with Crippen LogP contribution in [0.1, 0.15) is 50.4 Å². The van der Waals surface area contributed by atoms with Crippen molar-refractivity contribution in [3.63, 3.8) is 0 Å². The van der Waals surface area contributed by atoms with E-state index in [-0.39, 0.29) is 17.0 Å². The molecular formula is C36H27FN4O3. The Morgan fingerprint density at radius 3 is 2.45 bits per heavy atom. The van der Waals surface area contributed by atoms with Gasteiger partial charge in [0.25, 0.3) is 5.91 Å². The summed E-state index contributed by atoms with van der Waals surface area (Å²) in [5.41, 5.74) is 4.39. The molecule has 1 amide bonds. The van der Waals surface area contributed by atoms with Crippen molar-refractivity contribution in [3.05, 3.63) is 143 Å². The number of nitrogens with zero attached hydrogens (tertiary/aromatic N) is 2. The number of carboxylic acids is 1. The summed E-state index contributed by atoms with van der Waals surface area (Å²) in [5, 5.41) is 27.8. The summed E-state index contributed by atoms with van der Waals surface area (Å²) in [7, 11) is 0. The monoisotopic (exact) mass is 582 g/mol. The smallest absolute Gasteiger partial charge is 0.335 e. The number of halogens is 1. The Hall–Kier alpha value is -5.94. The van der Waals surface area contributed by atoms with Crippen molar-refractivity contribution in [2.45, 2.75) is 19.5 Å². The fraction of sp³-hybridized carbons (Fsp3) is 0.0833. The highest BCUT2D eigenvalue weighted by atomic mass is 19.1. The summed E-state index contributed by atoms with van der Waals surface area (Å²) in [6, 6.07) is 31.8. The maximum Gasteiger partial charge on any atom is 0.335 e. The Morgan fingerprint density at radius 2 is 1.70 bits per heavy atom. The highest BCUT2D eigenvalue weighted by Gasteiger charge is 2.19. The van der Waals surface area contributed by atoms with E-state index >= 15 is 0 Å². The van der Waals surface area contributed by atoms with E-state index < -0.39 is 17.8 Å². The molecule has 1 aromatic heterocycles. The summed E-state index contributed by atoms with van der Waals surface area (Å²) in [4.78, 5) is 25.0. The van der Waals surface area contributed by atoms with Crippen LogP contribution in [0.15, 0.2) is 109 Å². The van der Waals surface area contributed by atoms with E-state index in [1.807, 2.05) is 42.0 Å². The molecule has 1 heterocycles. The molecule has 44 heavy (non-hydrogen) atoms. The van der Waals surface area contributed by atoms with Crippen molar-refractivity contribution >= 4 is 44.9 Å². The molecule has 216 valence electrons. The van der Waals surface area contributed by atoms with Gasteiger partial charge in [0, 0.05) is 29.5 Å². The van der Waals surface area contributed by atoms with Gasteiger partial charge in [-0.2, -0.15) is 5.26 Å². The number of aromatic carboxylic acids is 1. The minimum absolute atomic E-state index is 0.170. The van der Waals surface area contributed by atoms with E-state index in [2.05, 4.69) is 41.0 Å². The van der Waals surface area contributed by atoms with Crippen LogP contribution in [0.2, 0.25) is 0 Å². The number of fused-ring (bicyclic) bond motifs is 2. The number of hydrogen-bond donors (Lipinski definition) is 3. The summed E-state index contributed by atoms with van der Waals surface area (Å²) in [6.45, 7) is 2.34. The van der Waals surface area contributed by atoms with Gasteiger partial charge in [-0.3, -0.25) is 4.79 Å². The molecule has 0 aliphatic heterocycles. The molecule has 8 heteroatoms. The Bertz CT molecular complexity index is 2090. The topological polar surface area (TPSA) is 107 Å². The van der Waals surface area contributed by atoms with Gasteiger partial charge in [-0.25, -0.2) is 9.18 Å². The maximum absolute atomic E-state index is 14.2. The molecule has 0 saturated carbocycles. The average molecular weight is 583 g/mol. The van der Waals surface area contributed by atoms with Crippen LogP contribution in [0.4, 0.5) is 15.8 Å². The van der Waals surface area contributed by atoms with Crippen LogP contribution in [-0.4, -0.2) is 21.6 Å². The van der Waals surface area contributed by atoms with Crippen LogP contribution in [0.5, 0.6) is 0 Å². The number of benzene rings is 5. The number of carbonyl (C=O) groups excluding carboxylic acids is 1. The highest BCUT2D eigenvalue weighted by molar-refractivity contribution is 6.10. The molecule has 1 atom stereocenters. The number of carbonyl (C=O) groups is 2. The Kier molecular flexibility index (Phi) is 7.52. The predicted molar refractivity (Wildman–Crippen MR) is 169 cm³/mol. The molecule has 0 bridgehead atoms. The number of nitriles is 1. The molecule has 3 N–H and O–H groups in total. The van der Waals surface area contributed by atoms with Gasteiger partial charge in [0.05, 0.1) is 34.3 Å². The summed E-state index contributed by atoms with van der Waals surface area (Å²) >= 11 is 0. The van der Waals surface area contributed by atoms with Gasteiger partial charge in [0.2, 0.25) is 0 Å². The number of carboxylic acid groups (broad SMARTS) is 1. The fourth-order valence-corrected chi connectivity index (χ4v) is 5.44. The second-order valence-electron chi connectivity index (χ2n) is 10.6. The van der Waals surface area contributed by atoms with Gasteiger partial charge in [-0.15, -0.1) is 0 Å². The van der Waals surface area contributed by atoms with Crippen molar-refractivity contribution in [1.82, 2.24) is 9.88 Å². The predicted octanol–water partition coefficient (Wildman–Crippen LogP) is 7.79. The molecule has 0 unspecified atom stereocenters. The summed E-state index contributed by atoms with van der Waals surface area (Å²) in [6.07, 6.45) is 1.92. The maximum atomic E-state index is 14.2. The van der Waals surface area contributed by atoms with Gasteiger partial charge in [-0.1, -0.05) is 48.5 Å². The van der Waals surface area contributed by atoms with Gasteiger partial charge in [-0.05, 0) is 83.4 Å². The lowest BCUT2D eigenvalue weighted by Crippen LogP contribution is -2.27. The van der Waals surface area contributed by atoms with E-state index in [0.29, 0.717) is 29.0 Å². The zero-order valence-electron chi connectivity index (χ0n) is 23.7. The molecule has 0 radical (unpaired) electrons. The quantitative estimate of drug-likeness (QED) is 0.170. The fourth-order valence-electron chi connectivity index (χ4n) is 5.44. The van der Waals surface area contributed by atoms with Gasteiger partial charge in [0.1, 0.15) is 5.82 Å². The zero-order valence-corrected chi connectivity index (χ0v) is 23.7. The molecule has 0 spiro atoms. The van der Waals surface area contributed by atoms with E-state index in [1.165, 1.54) is 24.3 Å². The Morgan fingerprint density at radius 1 is 0.932 bits per heavy atom. The van der Waals surface area contributed by atoms with Crippen molar-refractivity contribution < 1.29 is 19.1 Å². The van der Waals surface area contributed by atoms with Crippen LogP contribution in [-0.2, 0) is 6.54 Å². The lowest BCUT2D eigenvalue weighted by Gasteiger charge is -2.17. The molecule has 0 fully saturated rings. The first-order valence-corrected chi connectivity index (χ1v) is 14.0. The molecule has 7 nitrogen and oxygen atoms in total. The molecule has 6 aromatic rings. The first-order chi connectivity index (χ1) is 21.3. The number of hydrogen-bond acceptors (Lipinski definition) is 4. The number of aromatic nitrogens is 1. The highest BCUT2D eigenvalue weighted by Crippen LogP contribution is 2.32. The van der Waals surface area contributed by atoms with E-state index in [9.17, 15) is 24.3 Å². The molecule has 0 saturated heterocycles. The number of anilines is 2. The molecular weight excluding hydrogens is 555 g/mol. The van der Waals surface area contributed by atoms with Gasteiger partial charge < -0.3 is 20.3 Å². The van der Waals surface area contributed by atoms with Crippen LogP contribution in [0, 0.1) is 17.1 Å². The average Bonchev–Trinajstić information content (AvgIpc) is 3.44. The van der Waals surface area contributed by atoms with Crippen LogP contribution in [0.25, 0.3) is 21.7 Å². The minimum atomic E-state index is -1.02. The van der Waals surface area contributed by atoms with E-state index in [0.717, 1.165) is 27.3 Å². The van der Waals surface area contributed by atoms with Crippen molar-refractivity contribution in [3.8, 4) is 6.07 Å². The van der Waals surface area contributed by atoms with Gasteiger partial charge >= 0.3 is 5.97 Å². The van der Waals surface area contributed by atoms with Crippen molar-refractivity contribution in [2.75, 3.05) is 5.32 Å². The van der Waals surface area contributed by atoms with Crippen LogP contribution >= 0.6 is 0 Å². The normalized spacial score (nSPS) is 11.7. The van der Waals surface area contributed by atoms with Crippen molar-refractivity contribution in [2.24, 2.45) is 0 Å². The second kappa shape index (κ2) is 11.7. The first kappa shape index (κ1) is 28.2. The minimum Gasteiger partial charge on any atom is -0.478 e. The third-order valence-corrected chi connectivity index (χ3v) is 7.65. The first-order valence-electron chi connectivity index (χ1n) is 14.0. The molecule has 5 aromatic carbocycles. The zero-order chi connectivity index (χ0) is 30.8. The Labute approximate surface area is 252 Å². The van der Waals surface area contributed by atoms with E-state index in [4.69, 9.17) is 0 Å². The summed E-state index contributed by atoms with van der Waals surface area (Å²) < 4.78 is 16.2.